The van der Waals surface area contributed by atoms with Gasteiger partial charge in [0.05, 0.1) is 0 Å². The summed E-state index contributed by atoms with van der Waals surface area (Å²) in [6.45, 7) is 13.6. The van der Waals surface area contributed by atoms with E-state index in [9.17, 15) is 28.8 Å². The van der Waals surface area contributed by atoms with Crippen molar-refractivity contribution in [3.63, 3.8) is 0 Å². The number of nitrogens with two attached hydrogens (primary N) is 6. The Hall–Kier alpha value is -4.74. The smallest absolute Gasteiger partial charge is 0.217 e. The van der Waals surface area contributed by atoms with Gasteiger partial charge in [-0.3, -0.25) is 28.8 Å². The summed E-state index contributed by atoms with van der Waals surface area (Å²) in [6.07, 6.45) is 132. The van der Waals surface area contributed by atoms with E-state index in [0.717, 1.165) is 77.0 Å². The van der Waals surface area contributed by atoms with Gasteiger partial charge in [0.25, 0.3) is 0 Å². The van der Waals surface area contributed by atoms with Crippen LogP contribution in [0.4, 0.5) is 0 Å². The van der Waals surface area contributed by atoms with Gasteiger partial charge in [-0.2, -0.15) is 0 Å². The highest BCUT2D eigenvalue weighted by molar-refractivity contribution is 5.75. The zero-order chi connectivity index (χ0) is 89.3. The van der Waals surface area contributed by atoms with Gasteiger partial charge in [0.1, 0.15) is 0 Å². The summed E-state index contributed by atoms with van der Waals surface area (Å²) < 4.78 is 0. The molecule has 12 nitrogen and oxygen atoms in total. The Labute approximate surface area is 748 Å². The normalized spacial score (nSPS) is 11.2. The van der Waals surface area contributed by atoms with Crippen molar-refractivity contribution in [1.82, 2.24) is 0 Å². The number of rotatable bonds is 90. The van der Waals surface area contributed by atoms with Crippen molar-refractivity contribution in [2.24, 2.45) is 34.4 Å². The van der Waals surface area contributed by atoms with Crippen molar-refractivity contribution in [3.05, 3.63) is 72.9 Å². The number of carbonyl (C=O) groups is 6. The molecule has 0 spiro atoms. The van der Waals surface area contributed by atoms with Crippen molar-refractivity contribution in [2.45, 2.75) is 581 Å². The molecule has 0 unspecified atom stereocenters. The zero-order valence-corrected chi connectivity index (χ0v) is 81.2. The highest BCUT2D eigenvalue weighted by Gasteiger charge is 2.02. The van der Waals surface area contributed by atoms with Crippen molar-refractivity contribution in [1.29, 1.82) is 0 Å². The molecule has 0 radical (unpaired) electrons. The number of hydrogen-bond acceptors (Lipinski definition) is 6. The Morgan fingerprint density at radius 1 is 0.125 bits per heavy atom. The van der Waals surface area contributed by atoms with E-state index in [1.807, 2.05) is 0 Å². The molecule has 0 atom stereocenters. The molecule has 0 aromatic rings. The average molecular weight is 1690 g/mol. The minimum Gasteiger partial charge on any atom is -0.370 e. The quantitative estimate of drug-likeness (QED) is 0.0255. The number of allylic oxidation sites excluding steroid dienone is 12. The van der Waals surface area contributed by atoms with E-state index < -0.39 is 0 Å². The van der Waals surface area contributed by atoms with E-state index in [1.54, 1.807) is 0 Å². The van der Waals surface area contributed by atoms with Crippen molar-refractivity contribution in [2.75, 3.05) is 0 Å². The van der Waals surface area contributed by atoms with Crippen LogP contribution in [0.5, 0.6) is 0 Å². The minimum absolute atomic E-state index is 0.164. The van der Waals surface area contributed by atoms with Crippen LogP contribution in [0.3, 0.4) is 0 Å². The second-order valence-electron chi connectivity index (χ2n) is 34.8. The second-order valence-corrected chi connectivity index (χ2v) is 34.8. The van der Waals surface area contributed by atoms with Crippen LogP contribution in [0.15, 0.2) is 72.9 Å². The van der Waals surface area contributed by atoms with Crippen LogP contribution in [-0.2, 0) is 28.8 Å². The number of hydrogen-bond donors (Lipinski definition) is 6. The fraction of sp³-hybridized carbons (Fsp3) is 0.833. The lowest BCUT2D eigenvalue weighted by Crippen LogP contribution is -2.09. The summed E-state index contributed by atoms with van der Waals surface area (Å²) in [5.41, 5.74) is 30.6. The topological polar surface area (TPSA) is 259 Å². The Bertz CT molecular complexity index is 1800. The van der Waals surface area contributed by atoms with Gasteiger partial charge >= 0.3 is 0 Å². The summed E-state index contributed by atoms with van der Waals surface area (Å²) in [5, 5.41) is 0. The number of amides is 6. The van der Waals surface area contributed by atoms with Crippen LogP contribution >= 0.6 is 0 Å². The van der Waals surface area contributed by atoms with Crippen LogP contribution in [0.2, 0.25) is 0 Å². The van der Waals surface area contributed by atoms with E-state index in [0.29, 0.717) is 38.5 Å². The predicted molar refractivity (Wildman–Crippen MR) is 532 cm³/mol. The first-order chi connectivity index (χ1) is 58.6. The van der Waals surface area contributed by atoms with Gasteiger partial charge in [-0.15, -0.1) is 0 Å². The molecule has 0 saturated carbocycles. The average Bonchev–Trinajstić information content (AvgIpc) is 1.37. The van der Waals surface area contributed by atoms with Gasteiger partial charge in [-0.1, -0.05) is 423 Å². The highest BCUT2D eigenvalue weighted by atomic mass is 16.2. The lowest BCUT2D eigenvalue weighted by Gasteiger charge is -1.99. The number of unbranched alkanes of at least 4 members (excludes halogenated alkanes) is 66. The summed E-state index contributed by atoms with van der Waals surface area (Å²) >= 11 is 0. The van der Waals surface area contributed by atoms with Gasteiger partial charge in [-0.25, -0.2) is 0 Å². The molecular formula is C108H210N6O6. The molecule has 120 heavy (non-hydrogen) atoms. The lowest BCUT2D eigenvalue weighted by atomic mass is 10.1. The van der Waals surface area contributed by atoms with Crippen LogP contribution in [-0.4, -0.2) is 35.4 Å². The van der Waals surface area contributed by atoms with E-state index in [-0.39, 0.29) is 35.4 Å². The molecule has 0 bridgehead atoms. The molecule has 0 aliphatic heterocycles. The summed E-state index contributed by atoms with van der Waals surface area (Å²) in [6, 6.07) is 0. The van der Waals surface area contributed by atoms with Gasteiger partial charge in [0, 0.05) is 38.5 Å². The van der Waals surface area contributed by atoms with Gasteiger partial charge in [-0.05, 0) is 193 Å². The van der Waals surface area contributed by atoms with Gasteiger partial charge in [0.15, 0.2) is 0 Å². The molecule has 6 amide bonds. The van der Waals surface area contributed by atoms with Crippen LogP contribution in [0.1, 0.15) is 581 Å². The molecule has 0 aromatic carbocycles. The molecule has 12 N–H and O–H groups in total. The maximum absolute atomic E-state index is 10.5. The molecule has 0 aliphatic carbocycles. The predicted octanol–water partition coefficient (Wildman–Crippen LogP) is 33.1. The maximum atomic E-state index is 10.5. The molecule has 0 aliphatic rings. The third-order valence-electron chi connectivity index (χ3n) is 22.1. The molecule has 0 heterocycles. The molecule has 0 rings (SSSR count). The molecule has 0 aromatic heterocycles. The Kier molecular flexibility index (Phi) is 129. The maximum Gasteiger partial charge on any atom is 0.217 e. The van der Waals surface area contributed by atoms with Crippen LogP contribution in [0, 0.1) is 0 Å². The Balaban J connectivity index is -0.000000325. The summed E-state index contributed by atoms with van der Waals surface area (Å²) in [4.78, 5) is 63.3. The SMILES string of the molecule is CCCCCCCC/C=C\CCCCCCCC(N)=O.CCCCCCCC/C=C\CCCCCCCC(N)=O.CCCCCCCC/C=C\CCCCCCCC(N)=O.CCCCCCCC/C=C\CCCCCCCC(N)=O.CCCCCCCC/C=C\CCCCCCCC(N)=O.CCCCCCCC/C=C\CCCCCCCC(N)=O. The summed E-state index contributed by atoms with van der Waals surface area (Å²) in [5.74, 6) is -0.985. The van der Waals surface area contributed by atoms with E-state index in [4.69, 9.17) is 34.4 Å². The second kappa shape index (κ2) is 123. The number of primary amides is 6. The van der Waals surface area contributed by atoms with Gasteiger partial charge < -0.3 is 34.4 Å². The zero-order valence-electron chi connectivity index (χ0n) is 81.2. The molecule has 0 fully saturated rings. The standard InChI is InChI=1S/6C18H35NO/c6*1-2-3-4-5-6-7-8-9-10-11-12-13-14-15-16-17-18(19)20/h6*9-10H,2-8,11-17H2,1H3,(H2,19,20)/b6*10-9-. The first-order valence-electron chi connectivity index (χ1n) is 52.2. The fourth-order valence-electron chi connectivity index (χ4n) is 14.2. The molecular weight excluding hydrogens is 1480 g/mol. The van der Waals surface area contributed by atoms with Crippen LogP contribution in [0.25, 0.3) is 0 Å². The van der Waals surface area contributed by atoms with E-state index in [2.05, 4.69) is 114 Å². The Morgan fingerprint density at radius 3 is 0.283 bits per heavy atom. The monoisotopic (exact) mass is 1690 g/mol. The van der Waals surface area contributed by atoms with Crippen molar-refractivity contribution < 1.29 is 28.8 Å². The van der Waals surface area contributed by atoms with E-state index in [1.165, 1.54) is 424 Å². The van der Waals surface area contributed by atoms with Gasteiger partial charge in [0.2, 0.25) is 35.4 Å². The summed E-state index contributed by atoms with van der Waals surface area (Å²) in [7, 11) is 0. The first-order valence-corrected chi connectivity index (χ1v) is 52.2. The third-order valence-corrected chi connectivity index (χ3v) is 22.1. The van der Waals surface area contributed by atoms with E-state index >= 15 is 0 Å². The third kappa shape index (κ3) is 151. The van der Waals surface area contributed by atoms with Crippen molar-refractivity contribution in [3.8, 4) is 0 Å². The fourth-order valence-corrected chi connectivity index (χ4v) is 14.2. The Morgan fingerprint density at radius 2 is 0.200 bits per heavy atom. The minimum atomic E-state index is -0.164. The van der Waals surface area contributed by atoms with Crippen molar-refractivity contribution >= 4 is 35.4 Å². The number of carbonyl (C=O) groups excluding carboxylic acids is 6. The highest BCUT2D eigenvalue weighted by Crippen LogP contribution is 2.18. The first kappa shape index (κ1) is 126. The molecule has 708 valence electrons. The molecule has 0 saturated heterocycles. The van der Waals surface area contributed by atoms with Crippen LogP contribution < -0.4 is 34.4 Å². The largest absolute Gasteiger partial charge is 0.370 e. The lowest BCUT2D eigenvalue weighted by molar-refractivity contribution is -0.119. The molecule has 12 heteroatoms.